The lowest BCUT2D eigenvalue weighted by Crippen LogP contribution is -2.47. The first-order valence-electron chi connectivity index (χ1n) is 12.0. The summed E-state index contributed by atoms with van der Waals surface area (Å²) in [6.45, 7) is 12.5. The molecular formula is C26H35N5O3. The third kappa shape index (κ3) is 5.74. The van der Waals surface area contributed by atoms with Crippen LogP contribution in [0.25, 0.3) is 10.9 Å². The Morgan fingerprint density at radius 2 is 2.00 bits per heavy atom. The van der Waals surface area contributed by atoms with Crippen LogP contribution in [-0.4, -0.2) is 64.0 Å². The van der Waals surface area contributed by atoms with E-state index in [1.165, 1.54) is 5.56 Å². The minimum atomic E-state index is -1.07. The summed E-state index contributed by atoms with van der Waals surface area (Å²) in [5.74, 6) is 0.313. The molecule has 1 amide bonds. The first kappa shape index (κ1) is 24.2. The number of rotatable bonds is 9. The summed E-state index contributed by atoms with van der Waals surface area (Å²) in [6, 6.07) is 10.5. The van der Waals surface area contributed by atoms with Gasteiger partial charge < -0.3 is 14.8 Å². The average molecular weight is 466 g/mol. The second-order valence-electron chi connectivity index (χ2n) is 9.56. The molecule has 1 aliphatic rings. The van der Waals surface area contributed by atoms with Gasteiger partial charge in [0.15, 0.2) is 5.60 Å². The first-order chi connectivity index (χ1) is 16.3. The molecule has 8 heteroatoms. The topological polar surface area (TPSA) is 81.5 Å². The fourth-order valence-electron chi connectivity index (χ4n) is 4.11. The zero-order valence-corrected chi connectivity index (χ0v) is 20.6. The van der Waals surface area contributed by atoms with E-state index >= 15 is 0 Å². The van der Waals surface area contributed by atoms with Gasteiger partial charge in [0, 0.05) is 44.6 Å². The maximum atomic E-state index is 13.0. The van der Waals surface area contributed by atoms with Crippen LogP contribution in [-0.2, 0) is 22.5 Å². The summed E-state index contributed by atoms with van der Waals surface area (Å²) in [5.41, 5.74) is 2.21. The molecule has 4 rings (SSSR count). The number of hydrogen-bond donors (Lipinski definition) is 1. The monoisotopic (exact) mass is 465 g/mol. The number of carbonyl (C=O) groups excluding carboxylic acids is 1. The zero-order chi connectivity index (χ0) is 24.1. The van der Waals surface area contributed by atoms with Crippen LogP contribution in [0.1, 0.15) is 44.9 Å². The summed E-state index contributed by atoms with van der Waals surface area (Å²) < 4.78 is 13.7. The molecule has 8 nitrogen and oxygen atoms in total. The summed E-state index contributed by atoms with van der Waals surface area (Å²) in [5, 5.41) is 8.66. The Kier molecular flexibility index (Phi) is 7.48. The van der Waals surface area contributed by atoms with Crippen molar-refractivity contribution in [3.63, 3.8) is 0 Å². The minimum Gasteiger partial charge on any atom is -0.460 e. The Labute approximate surface area is 201 Å². The SMILES string of the molecule is CC(C)n1nc(OC(C)(C)C(=O)NCCc2cccnc2)c2cc(CN3CCOCC3)ccc21. The van der Waals surface area contributed by atoms with Gasteiger partial charge in [-0.1, -0.05) is 12.1 Å². The van der Waals surface area contributed by atoms with E-state index in [1.807, 2.05) is 23.0 Å². The van der Waals surface area contributed by atoms with Gasteiger partial charge in [0.25, 0.3) is 5.91 Å². The number of carbonyl (C=O) groups is 1. The molecule has 0 bridgehead atoms. The van der Waals surface area contributed by atoms with Crippen molar-refractivity contribution >= 4 is 16.8 Å². The third-order valence-corrected chi connectivity index (χ3v) is 6.06. The Morgan fingerprint density at radius 1 is 1.21 bits per heavy atom. The van der Waals surface area contributed by atoms with Crippen LogP contribution < -0.4 is 10.1 Å². The zero-order valence-electron chi connectivity index (χ0n) is 20.6. The van der Waals surface area contributed by atoms with E-state index in [0.29, 0.717) is 18.8 Å². The molecule has 1 aliphatic heterocycles. The van der Waals surface area contributed by atoms with Crippen LogP contribution in [0.2, 0.25) is 0 Å². The number of morpholine rings is 1. The molecule has 3 heterocycles. The van der Waals surface area contributed by atoms with E-state index in [2.05, 4.69) is 47.2 Å². The number of hydrogen-bond acceptors (Lipinski definition) is 6. The molecule has 2 aromatic heterocycles. The van der Waals surface area contributed by atoms with E-state index in [1.54, 1.807) is 20.0 Å². The van der Waals surface area contributed by atoms with Crippen LogP contribution >= 0.6 is 0 Å². The second kappa shape index (κ2) is 10.5. The van der Waals surface area contributed by atoms with Crippen LogP contribution in [0.4, 0.5) is 0 Å². The summed E-state index contributed by atoms with van der Waals surface area (Å²) in [7, 11) is 0. The van der Waals surface area contributed by atoms with Gasteiger partial charge in [-0.15, -0.1) is 5.10 Å². The normalized spacial score (nSPS) is 15.1. The van der Waals surface area contributed by atoms with Gasteiger partial charge in [0.05, 0.1) is 24.1 Å². The van der Waals surface area contributed by atoms with Crippen LogP contribution in [0.3, 0.4) is 0 Å². The van der Waals surface area contributed by atoms with Crippen molar-refractivity contribution in [1.82, 2.24) is 25.0 Å². The van der Waals surface area contributed by atoms with Crippen molar-refractivity contribution in [1.29, 1.82) is 0 Å². The molecule has 0 radical (unpaired) electrons. The molecule has 1 aromatic carbocycles. The van der Waals surface area contributed by atoms with E-state index in [9.17, 15) is 4.79 Å². The van der Waals surface area contributed by atoms with Crippen molar-refractivity contribution in [2.45, 2.75) is 52.3 Å². The Bertz CT molecular complexity index is 1100. The van der Waals surface area contributed by atoms with Crippen molar-refractivity contribution in [3.05, 3.63) is 53.9 Å². The highest BCUT2D eigenvalue weighted by molar-refractivity contribution is 5.88. The number of nitrogens with one attached hydrogen (secondary N) is 1. The molecule has 1 N–H and O–H groups in total. The predicted octanol–water partition coefficient (Wildman–Crippen LogP) is 3.36. The average Bonchev–Trinajstić information content (AvgIpc) is 3.18. The lowest BCUT2D eigenvalue weighted by Gasteiger charge is -2.26. The third-order valence-electron chi connectivity index (χ3n) is 6.06. The highest BCUT2D eigenvalue weighted by Crippen LogP contribution is 2.31. The van der Waals surface area contributed by atoms with E-state index in [4.69, 9.17) is 14.6 Å². The molecule has 3 aromatic rings. The standard InChI is InChI=1S/C26H35N5O3/c1-19(2)31-23-8-7-21(18-30-12-14-33-15-13-30)16-22(23)24(29-31)34-26(3,4)25(32)28-11-9-20-6-5-10-27-17-20/h5-8,10,16-17,19H,9,11-15,18H2,1-4H3,(H,28,32). The smallest absolute Gasteiger partial charge is 0.263 e. The molecule has 0 aliphatic carbocycles. The summed E-state index contributed by atoms with van der Waals surface area (Å²) >= 11 is 0. The molecular weight excluding hydrogens is 430 g/mol. The fourth-order valence-corrected chi connectivity index (χ4v) is 4.11. The van der Waals surface area contributed by atoms with Crippen molar-refractivity contribution in [3.8, 4) is 5.88 Å². The Morgan fingerprint density at radius 3 is 2.71 bits per heavy atom. The fraction of sp³-hybridized carbons (Fsp3) is 0.500. The number of ether oxygens (including phenoxy) is 2. The quantitative estimate of drug-likeness (QED) is 0.522. The largest absolute Gasteiger partial charge is 0.460 e. The number of pyridine rings is 1. The molecule has 0 unspecified atom stereocenters. The van der Waals surface area contributed by atoms with E-state index in [-0.39, 0.29) is 11.9 Å². The summed E-state index contributed by atoms with van der Waals surface area (Å²) in [4.78, 5) is 19.5. The van der Waals surface area contributed by atoms with Crippen molar-refractivity contribution in [2.75, 3.05) is 32.8 Å². The first-order valence-corrected chi connectivity index (χ1v) is 12.0. The van der Waals surface area contributed by atoms with Gasteiger partial charge in [-0.25, -0.2) is 0 Å². The van der Waals surface area contributed by atoms with E-state index < -0.39 is 5.60 Å². The number of aromatic nitrogens is 3. The van der Waals surface area contributed by atoms with E-state index in [0.717, 1.165) is 49.3 Å². The van der Waals surface area contributed by atoms with Crippen molar-refractivity contribution in [2.24, 2.45) is 0 Å². The van der Waals surface area contributed by atoms with Crippen LogP contribution in [0.5, 0.6) is 5.88 Å². The van der Waals surface area contributed by atoms with Gasteiger partial charge in [-0.05, 0) is 63.4 Å². The minimum absolute atomic E-state index is 0.168. The predicted molar refractivity (Wildman–Crippen MR) is 132 cm³/mol. The molecule has 1 fully saturated rings. The number of amides is 1. The van der Waals surface area contributed by atoms with Crippen LogP contribution in [0, 0.1) is 0 Å². The van der Waals surface area contributed by atoms with Crippen LogP contribution in [0.15, 0.2) is 42.7 Å². The molecule has 182 valence electrons. The highest BCUT2D eigenvalue weighted by Gasteiger charge is 2.32. The van der Waals surface area contributed by atoms with Gasteiger partial charge >= 0.3 is 0 Å². The second-order valence-corrected chi connectivity index (χ2v) is 9.56. The molecule has 0 atom stereocenters. The lowest BCUT2D eigenvalue weighted by molar-refractivity contribution is -0.134. The number of benzene rings is 1. The van der Waals surface area contributed by atoms with Gasteiger partial charge in [-0.2, -0.15) is 0 Å². The molecule has 0 saturated carbocycles. The maximum absolute atomic E-state index is 13.0. The Hall–Kier alpha value is -2.97. The number of nitrogens with zero attached hydrogens (tertiary/aromatic N) is 4. The number of fused-ring (bicyclic) bond motifs is 1. The highest BCUT2D eigenvalue weighted by atomic mass is 16.5. The summed E-state index contributed by atoms with van der Waals surface area (Å²) in [6.07, 6.45) is 4.27. The molecule has 0 spiro atoms. The maximum Gasteiger partial charge on any atom is 0.263 e. The lowest BCUT2D eigenvalue weighted by atomic mass is 10.1. The Balaban J connectivity index is 1.50. The van der Waals surface area contributed by atoms with Gasteiger partial charge in [0.2, 0.25) is 5.88 Å². The molecule has 1 saturated heterocycles. The molecule has 34 heavy (non-hydrogen) atoms. The van der Waals surface area contributed by atoms with Crippen molar-refractivity contribution < 1.29 is 14.3 Å². The van der Waals surface area contributed by atoms with Gasteiger partial charge in [-0.3, -0.25) is 19.4 Å². The van der Waals surface area contributed by atoms with Gasteiger partial charge in [0.1, 0.15) is 0 Å².